The molecule has 0 unspecified atom stereocenters. The van der Waals surface area contributed by atoms with Gasteiger partial charge in [-0.05, 0) is 60.7 Å². The molecule has 0 bridgehead atoms. The fourth-order valence-electron chi connectivity index (χ4n) is 2.95. The number of benzene rings is 2. The lowest BCUT2D eigenvalue weighted by atomic mass is 9.96. The number of ether oxygens (including phenoxy) is 3. The monoisotopic (exact) mass is 371 g/mol. The predicted octanol–water partition coefficient (Wildman–Crippen LogP) is 4.46. The highest BCUT2D eigenvalue weighted by Gasteiger charge is 2.16. The van der Waals surface area contributed by atoms with Gasteiger partial charge in [-0.3, -0.25) is 4.79 Å². The van der Waals surface area contributed by atoms with Crippen molar-refractivity contribution >= 4 is 5.91 Å². The molecule has 0 atom stereocenters. The highest BCUT2D eigenvalue weighted by Crippen LogP contribution is 2.30. The second kappa shape index (κ2) is 9.31. The lowest BCUT2D eigenvalue weighted by Gasteiger charge is -2.16. The summed E-state index contributed by atoms with van der Waals surface area (Å²) in [5.41, 5.74) is 3.52. The molecule has 0 aliphatic heterocycles. The summed E-state index contributed by atoms with van der Waals surface area (Å²) in [7, 11) is 3.26. The molecule has 0 aliphatic rings. The standard InChI is InChI=1S/C22H29NO4/c1-7-27-21-11-16(8-9-19(21)25-5)13-23-22(24)18-12-17(14(2)3)20(26-6)10-15(18)4/h8-12,14H,7,13H2,1-6H3,(H,23,24). The first kappa shape index (κ1) is 20.6. The fourth-order valence-corrected chi connectivity index (χ4v) is 2.95. The molecule has 0 saturated heterocycles. The normalized spacial score (nSPS) is 10.6. The van der Waals surface area contributed by atoms with Crippen LogP contribution < -0.4 is 19.5 Å². The van der Waals surface area contributed by atoms with Crippen molar-refractivity contribution in [2.75, 3.05) is 20.8 Å². The fraction of sp³-hybridized carbons (Fsp3) is 0.409. The first-order valence-electron chi connectivity index (χ1n) is 9.17. The van der Waals surface area contributed by atoms with E-state index in [-0.39, 0.29) is 11.8 Å². The molecule has 0 radical (unpaired) electrons. The van der Waals surface area contributed by atoms with E-state index >= 15 is 0 Å². The summed E-state index contributed by atoms with van der Waals surface area (Å²) in [6.07, 6.45) is 0. The lowest BCUT2D eigenvalue weighted by molar-refractivity contribution is 0.0950. The average Bonchev–Trinajstić information content (AvgIpc) is 2.66. The van der Waals surface area contributed by atoms with E-state index in [0.717, 1.165) is 22.4 Å². The molecule has 0 heterocycles. The first-order valence-corrected chi connectivity index (χ1v) is 9.17. The Hall–Kier alpha value is -2.69. The topological polar surface area (TPSA) is 56.8 Å². The van der Waals surface area contributed by atoms with Crippen molar-refractivity contribution in [2.45, 2.75) is 40.2 Å². The van der Waals surface area contributed by atoms with Crippen LogP contribution in [0.2, 0.25) is 0 Å². The van der Waals surface area contributed by atoms with Crippen molar-refractivity contribution in [3.63, 3.8) is 0 Å². The molecule has 2 aromatic rings. The molecule has 2 rings (SSSR count). The van der Waals surface area contributed by atoms with Crippen LogP contribution in [-0.4, -0.2) is 26.7 Å². The summed E-state index contributed by atoms with van der Waals surface area (Å²) in [4.78, 5) is 12.7. The number of hydrogen-bond donors (Lipinski definition) is 1. The third kappa shape index (κ3) is 4.94. The Kier molecular flexibility index (Phi) is 7.11. The molecule has 146 valence electrons. The van der Waals surface area contributed by atoms with E-state index in [2.05, 4.69) is 19.2 Å². The van der Waals surface area contributed by atoms with E-state index in [9.17, 15) is 4.79 Å². The smallest absolute Gasteiger partial charge is 0.251 e. The Morgan fingerprint density at radius 2 is 1.74 bits per heavy atom. The molecule has 0 aliphatic carbocycles. The maximum Gasteiger partial charge on any atom is 0.251 e. The lowest BCUT2D eigenvalue weighted by Crippen LogP contribution is -2.24. The van der Waals surface area contributed by atoms with Gasteiger partial charge in [0.15, 0.2) is 11.5 Å². The summed E-state index contributed by atoms with van der Waals surface area (Å²) in [6, 6.07) is 9.51. The predicted molar refractivity (Wildman–Crippen MR) is 107 cm³/mol. The van der Waals surface area contributed by atoms with Gasteiger partial charge < -0.3 is 19.5 Å². The maximum absolute atomic E-state index is 12.7. The zero-order valence-electron chi connectivity index (χ0n) is 17.0. The van der Waals surface area contributed by atoms with Gasteiger partial charge in [0.2, 0.25) is 0 Å². The number of amides is 1. The molecule has 1 amide bonds. The van der Waals surface area contributed by atoms with Gasteiger partial charge in [0, 0.05) is 12.1 Å². The Morgan fingerprint density at radius 3 is 2.33 bits per heavy atom. The molecule has 0 spiro atoms. The van der Waals surface area contributed by atoms with Crippen LogP contribution in [0.5, 0.6) is 17.2 Å². The van der Waals surface area contributed by atoms with Crippen LogP contribution in [0.3, 0.4) is 0 Å². The summed E-state index contributed by atoms with van der Waals surface area (Å²) in [6.45, 7) is 8.97. The van der Waals surface area contributed by atoms with Gasteiger partial charge in [-0.15, -0.1) is 0 Å². The van der Waals surface area contributed by atoms with E-state index < -0.39 is 0 Å². The van der Waals surface area contributed by atoms with Crippen molar-refractivity contribution < 1.29 is 19.0 Å². The second-order valence-electron chi connectivity index (χ2n) is 6.66. The summed E-state index contributed by atoms with van der Waals surface area (Å²) >= 11 is 0. The Bertz CT molecular complexity index is 799. The third-order valence-electron chi connectivity index (χ3n) is 4.42. The minimum Gasteiger partial charge on any atom is -0.496 e. The molecular formula is C22H29NO4. The Morgan fingerprint density at radius 1 is 1.04 bits per heavy atom. The second-order valence-corrected chi connectivity index (χ2v) is 6.66. The zero-order valence-corrected chi connectivity index (χ0v) is 17.0. The van der Waals surface area contributed by atoms with Crippen molar-refractivity contribution in [1.82, 2.24) is 5.32 Å². The van der Waals surface area contributed by atoms with Crippen LogP contribution >= 0.6 is 0 Å². The Balaban J connectivity index is 2.18. The van der Waals surface area contributed by atoms with Crippen LogP contribution in [-0.2, 0) is 6.54 Å². The molecule has 5 heteroatoms. The van der Waals surface area contributed by atoms with E-state index in [4.69, 9.17) is 14.2 Å². The van der Waals surface area contributed by atoms with Crippen molar-refractivity contribution in [2.24, 2.45) is 0 Å². The third-order valence-corrected chi connectivity index (χ3v) is 4.42. The van der Waals surface area contributed by atoms with Gasteiger partial charge in [0.25, 0.3) is 5.91 Å². The molecule has 2 aromatic carbocycles. The van der Waals surface area contributed by atoms with Gasteiger partial charge in [0.05, 0.1) is 20.8 Å². The number of carbonyl (C=O) groups excluding carboxylic acids is 1. The SMILES string of the molecule is CCOc1cc(CNC(=O)c2cc(C(C)C)c(OC)cc2C)ccc1OC. The first-order chi connectivity index (χ1) is 12.9. The van der Waals surface area contributed by atoms with Gasteiger partial charge in [-0.2, -0.15) is 0 Å². The van der Waals surface area contributed by atoms with E-state index in [1.807, 2.05) is 44.2 Å². The zero-order chi connectivity index (χ0) is 20.0. The number of carbonyl (C=O) groups is 1. The summed E-state index contributed by atoms with van der Waals surface area (Å²) < 4.78 is 16.3. The molecule has 0 aromatic heterocycles. The van der Waals surface area contributed by atoms with Gasteiger partial charge in [-0.25, -0.2) is 0 Å². The molecule has 0 fully saturated rings. The quantitative estimate of drug-likeness (QED) is 0.744. The average molecular weight is 371 g/mol. The Labute approximate surface area is 161 Å². The number of aryl methyl sites for hydroxylation is 1. The number of methoxy groups -OCH3 is 2. The van der Waals surface area contributed by atoms with E-state index in [1.165, 1.54) is 0 Å². The van der Waals surface area contributed by atoms with Gasteiger partial charge in [-0.1, -0.05) is 19.9 Å². The van der Waals surface area contributed by atoms with Crippen LogP contribution in [0.4, 0.5) is 0 Å². The highest BCUT2D eigenvalue weighted by molar-refractivity contribution is 5.96. The minimum absolute atomic E-state index is 0.106. The van der Waals surface area contributed by atoms with Crippen LogP contribution in [0.25, 0.3) is 0 Å². The summed E-state index contributed by atoms with van der Waals surface area (Å²) in [5, 5.41) is 2.99. The van der Waals surface area contributed by atoms with Crippen LogP contribution in [0.1, 0.15) is 53.7 Å². The maximum atomic E-state index is 12.7. The number of rotatable bonds is 8. The van der Waals surface area contributed by atoms with Crippen LogP contribution in [0.15, 0.2) is 30.3 Å². The molecular weight excluding hydrogens is 342 g/mol. The molecule has 27 heavy (non-hydrogen) atoms. The highest BCUT2D eigenvalue weighted by atomic mass is 16.5. The van der Waals surface area contributed by atoms with Crippen molar-refractivity contribution in [1.29, 1.82) is 0 Å². The van der Waals surface area contributed by atoms with Crippen molar-refractivity contribution in [3.05, 3.63) is 52.6 Å². The molecule has 5 nitrogen and oxygen atoms in total. The molecule has 1 N–H and O–H groups in total. The summed E-state index contributed by atoms with van der Waals surface area (Å²) in [5.74, 6) is 2.33. The van der Waals surface area contributed by atoms with Gasteiger partial charge >= 0.3 is 0 Å². The van der Waals surface area contributed by atoms with E-state index in [0.29, 0.717) is 30.2 Å². The minimum atomic E-state index is -0.106. The number of nitrogens with one attached hydrogen (secondary N) is 1. The van der Waals surface area contributed by atoms with Gasteiger partial charge in [0.1, 0.15) is 5.75 Å². The number of hydrogen-bond acceptors (Lipinski definition) is 4. The molecule has 0 saturated carbocycles. The van der Waals surface area contributed by atoms with Crippen LogP contribution in [0, 0.1) is 6.92 Å². The van der Waals surface area contributed by atoms with E-state index in [1.54, 1.807) is 14.2 Å². The van der Waals surface area contributed by atoms with Crippen molar-refractivity contribution in [3.8, 4) is 17.2 Å². The largest absolute Gasteiger partial charge is 0.496 e.